The second kappa shape index (κ2) is 8.01. The maximum absolute atomic E-state index is 13.3. The lowest BCUT2D eigenvalue weighted by Crippen LogP contribution is -2.11. The van der Waals surface area contributed by atoms with Crippen LogP contribution in [0.1, 0.15) is 34.3 Å². The van der Waals surface area contributed by atoms with Crippen LogP contribution in [-0.4, -0.2) is 18.0 Å². The fourth-order valence-electron chi connectivity index (χ4n) is 4.52. The Bertz CT molecular complexity index is 1480. The van der Waals surface area contributed by atoms with Gasteiger partial charge in [0.1, 0.15) is 10.0 Å². The average Bonchev–Trinajstić information content (AvgIpc) is 3.52. The molecule has 1 N–H and O–H groups in total. The van der Waals surface area contributed by atoms with Crippen LogP contribution in [0.4, 0.5) is 5.00 Å². The number of benzene rings is 2. The molecule has 5 aromatic rings. The molecular formula is C26H22N2O3S2. The van der Waals surface area contributed by atoms with Gasteiger partial charge in [-0.2, -0.15) is 0 Å². The number of para-hydroxylation sites is 2. The Balaban J connectivity index is 1.42. The van der Waals surface area contributed by atoms with Crippen molar-refractivity contribution in [1.29, 1.82) is 0 Å². The molecule has 3 heterocycles. The first kappa shape index (κ1) is 20.4. The average molecular weight is 475 g/mol. The molecule has 2 aromatic carbocycles. The number of nitrogens with zero attached hydrogens (tertiary/aromatic N) is 1. The number of carbonyl (C=O) groups excluding carboxylic acids is 1. The van der Waals surface area contributed by atoms with Crippen LogP contribution in [0.2, 0.25) is 0 Å². The summed E-state index contributed by atoms with van der Waals surface area (Å²) in [4.78, 5) is 19.5. The summed E-state index contributed by atoms with van der Waals surface area (Å²) >= 11 is 3.36. The summed E-state index contributed by atoms with van der Waals surface area (Å²) in [5.74, 6) is 1.26. The smallest absolute Gasteiger partial charge is 0.292 e. The molecule has 0 bridgehead atoms. The fourth-order valence-corrected chi connectivity index (χ4v) is 7.03. The Morgan fingerprint density at radius 1 is 1.18 bits per heavy atom. The summed E-state index contributed by atoms with van der Waals surface area (Å²) in [5, 5.41) is 5.81. The second-order valence-electron chi connectivity index (χ2n) is 8.49. The first-order valence-electron chi connectivity index (χ1n) is 11.0. The van der Waals surface area contributed by atoms with Crippen molar-refractivity contribution in [3.63, 3.8) is 0 Å². The van der Waals surface area contributed by atoms with Gasteiger partial charge in [0.2, 0.25) is 0 Å². The molecule has 0 saturated carbocycles. The molecule has 0 saturated heterocycles. The molecule has 0 fully saturated rings. The Kier molecular flexibility index (Phi) is 4.96. The minimum absolute atomic E-state index is 0.262. The molecule has 7 heteroatoms. The van der Waals surface area contributed by atoms with Crippen LogP contribution < -0.4 is 10.1 Å². The highest BCUT2D eigenvalue weighted by molar-refractivity contribution is 7.23. The standard InChI is InChI=1S/C26H22N2O3S2/c1-14-10-11-16-21(12-14)33-26(22(16)25-27-17-7-3-4-9-20(17)32-25)28-24(29)19-13-15-6-5-8-18(30-2)23(15)31-19/h3-9,13-14H,10-12H2,1-2H3,(H,28,29)/t14-/m1/s1. The van der Waals surface area contributed by atoms with Crippen molar-refractivity contribution in [3.05, 3.63) is 64.7 Å². The van der Waals surface area contributed by atoms with Gasteiger partial charge in [0.25, 0.3) is 5.91 Å². The lowest BCUT2D eigenvalue weighted by atomic mass is 9.88. The summed E-state index contributed by atoms with van der Waals surface area (Å²) in [6, 6.07) is 15.6. The molecule has 0 radical (unpaired) electrons. The number of methoxy groups -OCH3 is 1. The number of thiazole rings is 1. The number of fused-ring (bicyclic) bond motifs is 3. The highest BCUT2D eigenvalue weighted by Crippen LogP contribution is 2.47. The van der Waals surface area contributed by atoms with E-state index in [9.17, 15) is 4.79 Å². The molecule has 166 valence electrons. The highest BCUT2D eigenvalue weighted by Gasteiger charge is 2.28. The largest absolute Gasteiger partial charge is 0.493 e. The number of anilines is 1. The topological polar surface area (TPSA) is 64.4 Å². The van der Waals surface area contributed by atoms with E-state index < -0.39 is 0 Å². The van der Waals surface area contributed by atoms with Crippen LogP contribution in [0.3, 0.4) is 0 Å². The van der Waals surface area contributed by atoms with E-state index in [0.29, 0.717) is 17.3 Å². The normalized spacial score (nSPS) is 15.6. The Morgan fingerprint density at radius 2 is 2.06 bits per heavy atom. The van der Waals surface area contributed by atoms with Gasteiger partial charge in [0.05, 0.1) is 17.3 Å². The zero-order valence-electron chi connectivity index (χ0n) is 18.3. The molecule has 0 aliphatic heterocycles. The lowest BCUT2D eigenvalue weighted by molar-refractivity contribution is 0.0999. The molecule has 33 heavy (non-hydrogen) atoms. The third kappa shape index (κ3) is 3.52. The van der Waals surface area contributed by atoms with E-state index in [0.717, 1.165) is 50.4 Å². The zero-order chi connectivity index (χ0) is 22.5. The number of rotatable bonds is 4. The molecule has 0 unspecified atom stereocenters. The van der Waals surface area contributed by atoms with Crippen molar-refractivity contribution < 1.29 is 13.9 Å². The van der Waals surface area contributed by atoms with E-state index >= 15 is 0 Å². The second-order valence-corrected chi connectivity index (χ2v) is 10.6. The van der Waals surface area contributed by atoms with Crippen LogP contribution in [0.5, 0.6) is 5.75 Å². The van der Waals surface area contributed by atoms with Crippen molar-refractivity contribution >= 4 is 54.8 Å². The van der Waals surface area contributed by atoms with Crippen molar-refractivity contribution in [2.75, 3.05) is 12.4 Å². The van der Waals surface area contributed by atoms with Gasteiger partial charge in [-0.15, -0.1) is 22.7 Å². The van der Waals surface area contributed by atoms with Crippen LogP contribution in [0, 0.1) is 5.92 Å². The van der Waals surface area contributed by atoms with Gasteiger partial charge in [0.15, 0.2) is 17.1 Å². The number of hydrogen-bond donors (Lipinski definition) is 1. The minimum atomic E-state index is -0.262. The predicted octanol–water partition coefficient (Wildman–Crippen LogP) is 7.16. The molecule has 3 aromatic heterocycles. The van der Waals surface area contributed by atoms with Crippen LogP contribution in [0.15, 0.2) is 52.9 Å². The molecule has 6 rings (SSSR count). The fraction of sp³-hybridized carbons (Fsp3) is 0.231. The molecule has 1 aliphatic rings. The first-order chi connectivity index (χ1) is 16.1. The number of thiophene rings is 1. The van der Waals surface area contributed by atoms with E-state index in [2.05, 4.69) is 18.3 Å². The molecule has 1 atom stereocenters. The van der Waals surface area contributed by atoms with Gasteiger partial charge in [-0.1, -0.05) is 31.2 Å². The van der Waals surface area contributed by atoms with Gasteiger partial charge >= 0.3 is 0 Å². The number of furan rings is 1. The highest BCUT2D eigenvalue weighted by atomic mass is 32.1. The summed E-state index contributed by atoms with van der Waals surface area (Å²) in [6.07, 6.45) is 3.20. The summed E-state index contributed by atoms with van der Waals surface area (Å²) in [5.41, 5.74) is 3.98. The van der Waals surface area contributed by atoms with Crippen molar-refractivity contribution in [1.82, 2.24) is 4.98 Å². The predicted molar refractivity (Wildman–Crippen MR) is 135 cm³/mol. The van der Waals surface area contributed by atoms with E-state index in [1.54, 1.807) is 35.8 Å². The number of ether oxygens (including phenoxy) is 1. The van der Waals surface area contributed by atoms with Gasteiger partial charge in [0, 0.05) is 15.8 Å². The molecule has 0 spiro atoms. The zero-order valence-corrected chi connectivity index (χ0v) is 19.9. The Hall–Kier alpha value is -3.16. The number of amides is 1. The molecule has 1 aliphatic carbocycles. The molecular weight excluding hydrogens is 452 g/mol. The quantitative estimate of drug-likeness (QED) is 0.300. The van der Waals surface area contributed by atoms with Crippen molar-refractivity contribution in [2.24, 2.45) is 5.92 Å². The van der Waals surface area contributed by atoms with Gasteiger partial charge < -0.3 is 14.5 Å². The monoisotopic (exact) mass is 474 g/mol. The van der Waals surface area contributed by atoms with Gasteiger partial charge in [-0.05, 0) is 55.0 Å². The number of aromatic nitrogens is 1. The third-order valence-corrected chi connectivity index (χ3v) is 8.42. The maximum Gasteiger partial charge on any atom is 0.292 e. The summed E-state index contributed by atoms with van der Waals surface area (Å²) < 4.78 is 12.4. The SMILES string of the molecule is COc1cccc2cc(C(=O)Nc3sc4c(c3-c3nc5ccccc5s3)CC[C@@H](C)C4)oc12. The lowest BCUT2D eigenvalue weighted by Gasteiger charge is -2.18. The maximum atomic E-state index is 13.3. The van der Waals surface area contributed by atoms with E-state index in [1.807, 2.05) is 36.4 Å². The minimum Gasteiger partial charge on any atom is -0.493 e. The number of carbonyl (C=O) groups is 1. The Labute approximate surface area is 199 Å². The first-order valence-corrected chi connectivity index (χ1v) is 12.6. The number of hydrogen-bond acceptors (Lipinski definition) is 6. The van der Waals surface area contributed by atoms with E-state index in [-0.39, 0.29) is 11.7 Å². The van der Waals surface area contributed by atoms with Crippen LogP contribution >= 0.6 is 22.7 Å². The Morgan fingerprint density at radius 3 is 2.91 bits per heavy atom. The molecule has 1 amide bonds. The van der Waals surface area contributed by atoms with E-state index in [4.69, 9.17) is 14.1 Å². The summed E-state index contributed by atoms with van der Waals surface area (Å²) in [7, 11) is 1.60. The van der Waals surface area contributed by atoms with Gasteiger partial charge in [-0.3, -0.25) is 4.79 Å². The van der Waals surface area contributed by atoms with Crippen LogP contribution in [0.25, 0.3) is 31.8 Å². The van der Waals surface area contributed by atoms with Crippen LogP contribution in [-0.2, 0) is 12.8 Å². The van der Waals surface area contributed by atoms with Crippen molar-refractivity contribution in [3.8, 4) is 16.3 Å². The van der Waals surface area contributed by atoms with Crippen molar-refractivity contribution in [2.45, 2.75) is 26.2 Å². The number of nitrogens with one attached hydrogen (secondary N) is 1. The van der Waals surface area contributed by atoms with Gasteiger partial charge in [-0.25, -0.2) is 4.98 Å². The third-order valence-electron chi connectivity index (χ3n) is 6.20. The summed E-state index contributed by atoms with van der Waals surface area (Å²) in [6.45, 7) is 2.29. The van der Waals surface area contributed by atoms with E-state index in [1.165, 1.54) is 10.4 Å². The molecule has 5 nitrogen and oxygen atoms in total.